The largest absolute Gasteiger partial charge is 0.489 e. The van der Waals surface area contributed by atoms with E-state index < -0.39 is 23.9 Å². The van der Waals surface area contributed by atoms with Gasteiger partial charge in [-0.2, -0.15) is 5.01 Å². The zero-order chi connectivity index (χ0) is 27.9. The van der Waals surface area contributed by atoms with Gasteiger partial charge in [0.2, 0.25) is 0 Å². The summed E-state index contributed by atoms with van der Waals surface area (Å²) in [7, 11) is 0. The highest BCUT2D eigenvalue weighted by Crippen LogP contribution is 2.33. The van der Waals surface area contributed by atoms with Crippen molar-refractivity contribution in [2.45, 2.75) is 26.1 Å². The Morgan fingerprint density at radius 3 is 2.46 bits per heavy atom. The van der Waals surface area contributed by atoms with Gasteiger partial charge in [-0.3, -0.25) is 15.0 Å². The maximum absolute atomic E-state index is 13.1. The second-order valence-electron chi connectivity index (χ2n) is 8.29. The molecule has 0 aromatic heterocycles. The van der Waals surface area contributed by atoms with Gasteiger partial charge in [-0.15, -0.1) is 0 Å². The molecule has 1 atom stereocenters. The number of ether oxygens (including phenoxy) is 2. The van der Waals surface area contributed by atoms with Crippen LogP contribution in [0.3, 0.4) is 0 Å². The molecule has 1 unspecified atom stereocenters. The lowest BCUT2D eigenvalue weighted by molar-refractivity contribution is -0.145. The number of thiocarbonyl (C=S) groups is 1. The Balaban J connectivity index is 1.40. The van der Waals surface area contributed by atoms with Crippen molar-refractivity contribution in [1.82, 2.24) is 10.4 Å². The molecule has 8 nitrogen and oxygen atoms in total. The average molecular weight is 583 g/mol. The number of carboxylic acid groups (broad SMARTS) is 1. The van der Waals surface area contributed by atoms with Gasteiger partial charge < -0.3 is 14.6 Å². The molecule has 2 N–H and O–H groups in total. The smallest absolute Gasteiger partial charge is 0.344 e. The Morgan fingerprint density at radius 1 is 1.10 bits per heavy atom. The molecule has 0 spiro atoms. The van der Waals surface area contributed by atoms with Crippen molar-refractivity contribution in [2.24, 2.45) is 0 Å². The molecule has 1 saturated heterocycles. The molecule has 4 rings (SSSR count). The molecule has 0 bridgehead atoms. The Morgan fingerprint density at radius 2 is 1.79 bits per heavy atom. The molecule has 0 radical (unpaired) electrons. The number of carbonyl (C=O) groups excluding carboxylic acids is 2. The number of thioether (sulfide) groups is 1. The second kappa shape index (κ2) is 12.8. The molecule has 3 aromatic carbocycles. The van der Waals surface area contributed by atoms with E-state index in [9.17, 15) is 19.5 Å². The molecule has 1 aliphatic heterocycles. The van der Waals surface area contributed by atoms with E-state index in [-0.39, 0.29) is 15.6 Å². The van der Waals surface area contributed by atoms with Gasteiger partial charge >= 0.3 is 5.97 Å². The van der Waals surface area contributed by atoms with Crippen LogP contribution in [0, 0.1) is 0 Å². The first-order chi connectivity index (χ1) is 18.7. The highest BCUT2D eigenvalue weighted by atomic mass is 35.5. The van der Waals surface area contributed by atoms with E-state index in [0.29, 0.717) is 34.3 Å². The molecule has 0 aliphatic carbocycles. The standard InChI is InChI=1S/C28H23ClN2O6S2/c1-2-22(27(34)35)37-23-6-4-3-5-19(23)15-24-26(33)31(28(38)39-24)30-25(32)18-9-13-21(14-10-18)36-16-17-7-11-20(29)12-8-17/h3-15,22H,2,16H2,1H3,(H,30,32)(H,34,35)/b24-15+. The number of nitrogens with zero attached hydrogens (tertiary/aromatic N) is 1. The molecule has 1 fully saturated rings. The van der Waals surface area contributed by atoms with Gasteiger partial charge in [0.05, 0.1) is 4.91 Å². The van der Waals surface area contributed by atoms with E-state index in [1.54, 1.807) is 73.7 Å². The molecular formula is C28H23ClN2O6S2. The van der Waals surface area contributed by atoms with Gasteiger partial charge in [0.25, 0.3) is 11.8 Å². The molecule has 200 valence electrons. The minimum atomic E-state index is -1.08. The first-order valence-corrected chi connectivity index (χ1v) is 13.4. The number of amides is 2. The monoisotopic (exact) mass is 582 g/mol. The van der Waals surface area contributed by atoms with Crippen molar-refractivity contribution in [2.75, 3.05) is 0 Å². The van der Waals surface area contributed by atoms with Gasteiger partial charge in [0.1, 0.15) is 18.1 Å². The summed E-state index contributed by atoms with van der Waals surface area (Å²) in [6.07, 6.45) is 0.803. The van der Waals surface area contributed by atoms with Gasteiger partial charge in [-0.25, -0.2) is 4.79 Å². The van der Waals surface area contributed by atoms with Crippen molar-refractivity contribution in [1.29, 1.82) is 0 Å². The van der Waals surface area contributed by atoms with E-state index in [4.69, 9.17) is 33.3 Å². The molecule has 3 aromatic rings. The number of aliphatic carboxylic acids is 1. The zero-order valence-electron chi connectivity index (χ0n) is 20.6. The van der Waals surface area contributed by atoms with E-state index in [0.717, 1.165) is 22.3 Å². The Hall–Kier alpha value is -3.86. The summed E-state index contributed by atoms with van der Waals surface area (Å²) in [5.74, 6) is -1.22. The molecule has 1 aliphatic rings. The summed E-state index contributed by atoms with van der Waals surface area (Å²) >= 11 is 12.2. The molecule has 2 amide bonds. The lowest BCUT2D eigenvalue weighted by Gasteiger charge is -2.16. The van der Waals surface area contributed by atoms with Crippen LogP contribution in [-0.4, -0.2) is 38.3 Å². The molecule has 11 heteroatoms. The number of hydrogen-bond donors (Lipinski definition) is 2. The zero-order valence-corrected chi connectivity index (χ0v) is 23.0. The van der Waals surface area contributed by atoms with E-state index in [1.807, 2.05) is 12.1 Å². The predicted octanol–water partition coefficient (Wildman–Crippen LogP) is 5.71. The van der Waals surface area contributed by atoms with E-state index >= 15 is 0 Å². The van der Waals surface area contributed by atoms with Gasteiger partial charge in [0.15, 0.2) is 10.4 Å². The highest BCUT2D eigenvalue weighted by molar-refractivity contribution is 8.26. The third kappa shape index (κ3) is 7.17. The van der Waals surface area contributed by atoms with Crippen molar-refractivity contribution < 1.29 is 29.0 Å². The van der Waals surface area contributed by atoms with Gasteiger partial charge in [-0.05, 0) is 72.7 Å². The van der Waals surface area contributed by atoms with Crippen LogP contribution >= 0.6 is 35.6 Å². The third-order valence-corrected chi connectivity index (χ3v) is 7.12. The number of benzene rings is 3. The van der Waals surface area contributed by atoms with Crippen LogP contribution in [0.25, 0.3) is 6.08 Å². The van der Waals surface area contributed by atoms with Crippen molar-refractivity contribution in [3.63, 3.8) is 0 Å². The van der Waals surface area contributed by atoms with Crippen LogP contribution in [0.1, 0.15) is 34.8 Å². The van der Waals surface area contributed by atoms with Crippen LogP contribution in [0.4, 0.5) is 0 Å². The van der Waals surface area contributed by atoms with Gasteiger partial charge in [-0.1, -0.05) is 60.6 Å². The molecule has 0 saturated carbocycles. The third-order valence-electron chi connectivity index (χ3n) is 5.56. The Bertz CT molecular complexity index is 1430. The summed E-state index contributed by atoms with van der Waals surface area (Å²) in [6.45, 7) is 2.05. The lowest BCUT2D eigenvalue weighted by atomic mass is 10.1. The number of hydrazine groups is 1. The van der Waals surface area contributed by atoms with E-state index in [2.05, 4.69) is 5.43 Å². The fraction of sp³-hybridized carbons (Fsp3) is 0.143. The summed E-state index contributed by atoms with van der Waals surface area (Å²) < 4.78 is 11.5. The number of hydrogen-bond acceptors (Lipinski definition) is 7. The number of halogens is 1. The maximum atomic E-state index is 13.1. The SMILES string of the molecule is CCC(Oc1ccccc1/C=C1/SC(=S)N(NC(=O)c2ccc(OCc3ccc(Cl)cc3)cc2)C1=O)C(=O)O. The fourth-order valence-corrected chi connectivity index (χ4v) is 4.79. The topological polar surface area (TPSA) is 105 Å². The Labute approximate surface area is 239 Å². The number of carboxylic acids is 1. The van der Waals surface area contributed by atoms with Crippen molar-refractivity contribution in [3.8, 4) is 11.5 Å². The first kappa shape index (κ1) is 28.2. The second-order valence-corrected chi connectivity index (χ2v) is 10.4. The first-order valence-electron chi connectivity index (χ1n) is 11.8. The Kier molecular flexibility index (Phi) is 9.23. The van der Waals surface area contributed by atoms with Crippen LogP contribution in [-0.2, 0) is 16.2 Å². The highest BCUT2D eigenvalue weighted by Gasteiger charge is 2.34. The summed E-state index contributed by atoms with van der Waals surface area (Å²) in [4.78, 5) is 37.5. The fourth-order valence-electron chi connectivity index (χ4n) is 3.49. The number of para-hydroxylation sites is 1. The number of nitrogens with one attached hydrogen (secondary N) is 1. The minimum Gasteiger partial charge on any atom is -0.489 e. The minimum absolute atomic E-state index is 0.151. The van der Waals surface area contributed by atoms with Crippen molar-refractivity contribution >= 4 is 63.8 Å². The number of rotatable bonds is 10. The number of carbonyl (C=O) groups is 3. The summed E-state index contributed by atoms with van der Waals surface area (Å²) in [5.41, 5.74) is 4.31. The normalized spacial score (nSPS) is 14.8. The van der Waals surface area contributed by atoms with Crippen molar-refractivity contribution in [3.05, 3.63) is 99.4 Å². The van der Waals surface area contributed by atoms with Crippen LogP contribution in [0.5, 0.6) is 11.5 Å². The molecular weight excluding hydrogens is 560 g/mol. The molecule has 39 heavy (non-hydrogen) atoms. The van der Waals surface area contributed by atoms with Crippen LogP contribution in [0.2, 0.25) is 5.02 Å². The quantitative estimate of drug-likeness (QED) is 0.231. The lowest BCUT2D eigenvalue weighted by Crippen LogP contribution is -2.44. The maximum Gasteiger partial charge on any atom is 0.344 e. The van der Waals surface area contributed by atoms with E-state index in [1.165, 1.54) is 0 Å². The predicted molar refractivity (Wildman–Crippen MR) is 153 cm³/mol. The average Bonchev–Trinajstić information content (AvgIpc) is 3.19. The summed E-state index contributed by atoms with van der Waals surface area (Å²) in [6, 6.07) is 20.6. The summed E-state index contributed by atoms with van der Waals surface area (Å²) in [5, 5.41) is 11.0. The van der Waals surface area contributed by atoms with Crippen LogP contribution < -0.4 is 14.9 Å². The van der Waals surface area contributed by atoms with Gasteiger partial charge in [0, 0.05) is 16.1 Å². The van der Waals surface area contributed by atoms with Crippen LogP contribution in [0.15, 0.2) is 77.7 Å². The molecule has 1 heterocycles.